The fourth-order valence-corrected chi connectivity index (χ4v) is 1.04. The third-order valence-electron chi connectivity index (χ3n) is 1.35. The van der Waals surface area contributed by atoms with E-state index < -0.39 is 0 Å². The van der Waals surface area contributed by atoms with Crippen LogP contribution in [0.5, 0.6) is 0 Å². The first-order valence-corrected chi connectivity index (χ1v) is 4.03. The zero-order valence-electron chi connectivity index (χ0n) is 5.71. The van der Waals surface area contributed by atoms with Crippen molar-refractivity contribution in [3.63, 3.8) is 0 Å². The molecule has 10 heavy (non-hydrogen) atoms. The summed E-state index contributed by atoms with van der Waals surface area (Å²) in [6.45, 7) is 2.03. The Balaban J connectivity index is 2.89. The Hall–Kier alpha value is -0.140. The molecule has 0 nitrogen and oxygen atoms in total. The molecule has 0 amide bonds. The zero-order chi connectivity index (χ0) is 7.56. The molecule has 0 radical (unpaired) electrons. The lowest BCUT2D eigenvalue weighted by molar-refractivity contribution is 1.11. The van der Waals surface area contributed by atoms with Crippen LogP contribution in [0.3, 0.4) is 0 Å². The fourth-order valence-electron chi connectivity index (χ4n) is 0.741. The first-order valence-electron chi connectivity index (χ1n) is 3.13. The molecule has 0 heterocycles. The van der Waals surface area contributed by atoms with E-state index >= 15 is 0 Å². The molecule has 0 unspecified atom stereocenters. The number of thiol groups is 1. The van der Waals surface area contributed by atoms with Gasteiger partial charge in [0, 0.05) is 10.3 Å². The lowest BCUT2D eigenvalue weighted by Crippen LogP contribution is -1.81. The van der Waals surface area contributed by atoms with Gasteiger partial charge in [-0.1, -0.05) is 23.7 Å². The predicted octanol–water partition coefficient (Wildman–Crippen LogP) is 3.33. The van der Waals surface area contributed by atoms with Crippen molar-refractivity contribution in [1.29, 1.82) is 0 Å². The van der Waals surface area contributed by atoms with Gasteiger partial charge in [0.2, 0.25) is 0 Å². The second-order valence-corrected chi connectivity index (χ2v) is 3.44. The van der Waals surface area contributed by atoms with Crippen LogP contribution in [0.2, 0.25) is 5.02 Å². The summed E-state index contributed by atoms with van der Waals surface area (Å²) >= 11 is 9.97. The van der Waals surface area contributed by atoms with Crippen molar-refractivity contribution in [2.24, 2.45) is 0 Å². The third kappa shape index (κ3) is 1.93. The molecule has 1 rings (SSSR count). The Kier molecular flexibility index (Phi) is 2.64. The van der Waals surface area contributed by atoms with Gasteiger partial charge in [-0.15, -0.1) is 0 Å². The second-order valence-electron chi connectivity index (χ2n) is 2.23. The number of rotatable bonds is 1. The summed E-state index contributed by atoms with van der Waals surface area (Å²) in [6.07, 6.45) is 0. The topological polar surface area (TPSA) is 0 Å². The van der Waals surface area contributed by atoms with Crippen LogP contribution in [0, 0.1) is 0 Å². The Morgan fingerprint density at radius 2 is 1.80 bits per heavy atom. The summed E-state index contributed by atoms with van der Waals surface area (Å²) in [5, 5.41) is 1.06. The molecule has 1 aromatic carbocycles. The highest BCUT2D eigenvalue weighted by Gasteiger charge is 1.96. The molecule has 0 spiro atoms. The van der Waals surface area contributed by atoms with Crippen LogP contribution in [-0.2, 0) is 0 Å². The summed E-state index contributed by atoms with van der Waals surface area (Å²) in [5.41, 5.74) is 1.20. The third-order valence-corrected chi connectivity index (χ3v) is 1.90. The van der Waals surface area contributed by atoms with Gasteiger partial charge in [0.15, 0.2) is 0 Å². The summed E-state index contributed by atoms with van der Waals surface area (Å²) in [6, 6.07) is 7.73. The van der Waals surface area contributed by atoms with Crippen LogP contribution < -0.4 is 0 Å². The minimum atomic E-state index is 0.289. The highest BCUT2D eigenvalue weighted by Crippen LogP contribution is 2.20. The molecule has 1 aromatic rings. The van der Waals surface area contributed by atoms with Gasteiger partial charge < -0.3 is 0 Å². The summed E-state index contributed by atoms with van der Waals surface area (Å²) in [4.78, 5) is 0. The maximum atomic E-state index is 5.69. The molecular weight excluding hydrogens is 164 g/mol. The maximum absolute atomic E-state index is 5.69. The van der Waals surface area contributed by atoms with E-state index in [4.69, 9.17) is 11.6 Å². The van der Waals surface area contributed by atoms with Gasteiger partial charge in [0.05, 0.1) is 0 Å². The van der Waals surface area contributed by atoms with Gasteiger partial charge in [0.25, 0.3) is 0 Å². The molecule has 54 valence electrons. The molecule has 2 heteroatoms. The van der Waals surface area contributed by atoms with Crippen molar-refractivity contribution in [2.45, 2.75) is 12.2 Å². The average molecular weight is 173 g/mol. The number of benzene rings is 1. The molecule has 0 aliphatic rings. The van der Waals surface area contributed by atoms with Crippen LogP contribution in [0.15, 0.2) is 24.3 Å². The molecule has 0 bridgehead atoms. The van der Waals surface area contributed by atoms with E-state index in [2.05, 4.69) is 12.6 Å². The van der Waals surface area contributed by atoms with Crippen molar-refractivity contribution in [1.82, 2.24) is 0 Å². The van der Waals surface area contributed by atoms with Crippen LogP contribution in [0.25, 0.3) is 0 Å². The predicted molar refractivity (Wildman–Crippen MR) is 48.9 cm³/mol. The van der Waals surface area contributed by atoms with E-state index in [0.717, 1.165) is 5.02 Å². The first-order chi connectivity index (χ1) is 4.70. The highest BCUT2D eigenvalue weighted by atomic mass is 35.5. The van der Waals surface area contributed by atoms with Crippen LogP contribution in [-0.4, -0.2) is 0 Å². The fraction of sp³-hybridized carbons (Fsp3) is 0.250. The Morgan fingerprint density at radius 1 is 1.30 bits per heavy atom. The van der Waals surface area contributed by atoms with Gasteiger partial charge in [-0.2, -0.15) is 12.6 Å². The van der Waals surface area contributed by atoms with E-state index in [1.807, 2.05) is 31.2 Å². The van der Waals surface area contributed by atoms with Crippen molar-refractivity contribution < 1.29 is 0 Å². The van der Waals surface area contributed by atoms with Gasteiger partial charge in [-0.25, -0.2) is 0 Å². The van der Waals surface area contributed by atoms with Gasteiger partial charge in [-0.3, -0.25) is 0 Å². The van der Waals surface area contributed by atoms with E-state index in [1.165, 1.54) is 5.56 Å². The van der Waals surface area contributed by atoms with Gasteiger partial charge in [0.1, 0.15) is 0 Å². The number of hydrogen-bond donors (Lipinski definition) is 1. The molecule has 1 atom stereocenters. The molecule has 0 fully saturated rings. The minimum absolute atomic E-state index is 0.289. The maximum Gasteiger partial charge on any atom is 0.0406 e. The smallest absolute Gasteiger partial charge is 0.0406 e. The summed E-state index contributed by atoms with van der Waals surface area (Å²) in [7, 11) is 0. The van der Waals surface area contributed by atoms with Crippen LogP contribution in [0.4, 0.5) is 0 Å². The molecule has 0 aliphatic carbocycles. The van der Waals surface area contributed by atoms with Crippen molar-refractivity contribution in [3.05, 3.63) is 34.9 Å². The Labute approximate surface area is 71.6 Å². The lowest BCUT2D eigenvalue weighted by Gasteiger charge is -2.02. The quantitative estimate of drug-likeness (QED) is 0.618. The Morgan fingerprint density at radius 3 is 2.20 bits per heavy atom. The van der Waals surface area contributed by atoms with E-state index in [-0.39, 0.29) is 5.25 Å². The largest absolute Gasteiger partial charge is 0.171 e. The van der Waals surface area contributed by atoms with E-state index in [1.54, 1.807) is 0 Å². The normalized spacial score (nSPS) is 13.1. The molecule has 0 saturated carbocycles. The highest BCUT2D eigenvalue weighted by molar-refractivity contribution is 7.80. The van der Waals surface area contributed by atoms with Crippen LogP contribution in [0.1, 0.15) is 17.7 Å². The summed E-state index contributed by atoms with van der Waals surface area (Å²) in [5.74, 6) is 0. The number of hydrogen-bond acceptors (Lipinski definition) is 1. The zero-order valence-corrected chi connectivity index (χ0v) is 7.36. The van der Waals surface area contributed by atoms with Crippen molar-refractivity contribution in [2.75, 3.05) is 0 Å². The minimum Gasteiger partial charge on any atom is -0.171 e. The van der Waals surface area contributed by atoms with Gasteiger partial charge >= 0.3 is 0 Å². The number of halogens is 1. The first kappa shape index (κ1) is 7.96. The van der Waals surface area contributed by atoms with Crippen molar-refractivity contribution in [3.8, 4) is 0 Å². The monoisotopic (exact) mass is 172 g/mol. The second kappa shape index (κ2) is 3.31. The molecule has 0 N–H and O–H groups in total. The lowest BCUT2D eigenvalue weighted by atomic mass is 10.2. The van der Waals surface area contributed by atoms with E-state index in [9.17, 15) is 0 Å². The molecular formula is C8H9ClS. The van der Waals surface area contributed by atoms with Crippen molar-refractivity contribution >= 4 is 24.2 Å². The SMILES string of the molecule is C[C@@H](S)c1ccc(Cl)cc1. The molecule has 0 saturated heterocycles. The van der Waals surface area contributed by atoms with Gasteiger partial charge in [-0.05, 0) is 24.6 Å². The molecule has 0 aliphatic heterocycles. The summed E-state index contributed by atoms with van der Waals surface area (Å²) < 4.78 is 0. The van der Waals surface area contributed by atoms with Crippen LogP contribution >= 0.6 is 24.2 Å². The van der Waals surface area contributed by atoms with E-state index in [0.29, 0.717) is 0 Å². The Bertz CT molecular complexity index is 203. The standard InChI is InChI=1S/C8H9ClS/c1-6(10)7-2-4-8(9)5-3-7/h2-6,10H,1H3/t6-/m1/s1. The molecule has 0 aromatic heterocycles. The average Bonchev–Trinajstić information content (AvgIpc) is 1.88.